The smallest absolute Gasteiger partial charge is 0.340 e. The van der Waals surface area contributed by atoms with Crippen LogP contribution in [0.15, 0.2) is 23.1 Å². The summed E-state index contributed by atoms with van der Waals surface area (Å²) in [5.41, 5.74) is 0.585. The summed E-state index contributed by atoms with van der Waals surface area (Å²) in [7, 11) is 1.25. The van der Waals surface area contributed by atoms with Gasteiger partial charge in [-0.05, 0) is 18.4 Å². The number of thiophene rings is 1. The molecule has 0 aliphatic carbocycles. The number of methoxy groups -OCH3 is 1. The second kappa shape index (κ2) is 4.14. The molecule has 0 radical (unpaired) electrons. The molecule has 1 aliphatic heterocycles. The lowest BCUT2D eigenvalue weighted by molar-refractivity contribution is -0.120. The number of hydrogen-bond acceptors (Lipinski definition) is 5. The molecule has 5 nitrogen and oxygen atoms in total. The zero-order valence-corrected chi connectivity index (χ0v) is 10.0. The van der Waals surface area contributed by atoms with E-state index in [0.29, 0.717) is 10.6 Å². The minimum Gasteiger partial charge on any atom is -0.465 e. The average Bonchev–Trinajstić information content (AvgIpc) is 2.84. The maximum atomic E-state index is 11.8. The van der Waals surface area contributed by atoms with E-state index < -0.39 is 17.8 Å². The molecule has 1 aromatic heterocycles. The number of ether oxygens (including phenoxy) is 1. The van der Waals surface area contributed by atoms with Crippen molar-refractivity contribution in [1.82, 2.24) is 0 Å². The maximum absolute atomic E-state index is 11.8. The van der Waals surface area contributed by atoms with E-state index in [1.807, 2.05) is 0 Å². The van der Waals surface area contributed by atoms with Crippen molar-refractivity contribution in [3.8, 4) is 0 Å². The normalized spacial score (nSPS) is 15.2. The predicted octanol–water partition coefficient (Wildman–Crippen LogP) is 1.35. The van der Waals surface area contributed by atoms with Crippen LogP contribution in [0.25, 0.3) is 0 Å². The van der Waals surface area contributed by atoms with E-state index in [0.717, 1.165) is 16.2 Å². The van der Waals surface area contributed by atoms with Crippen LogP contribution in [0.2, 0.25) is 0 Å². The van der Waals surface area contributed by atoms with E-state index in [9.17, 15) is 14.4 Å². The Kier molecular flexibility index (Phi) is 2.81. The largest absolute Gasteiger partial charge is 0.465 e. The molecule has 0 fully saturated rings. The Balaban J connectivity index is 2.43. The van der Waals surface area contributed by atoms with E-state index in [1.54, 1.807) is 12.3 Å². The lowest BCUT2D eigenvalue weighted by Crippen LogP contribution is -2.31. The molecule has 1 aromatic rings. The summed E-state index contributed by atoms with van der Waals surface area (Å²) < 4.78 is 4.59. The molecule has 1 aliphatic rings. The highest BCUT2D eigenvalue weighted by Gasteiger charge is 2.33. The van der Waals surface area contributed by atoms with Gasteiger partial charge in [-0.2, -0.15) is 0 Å². The third-order valence-corrected chi connectivity index (χ3v) is 3.25. The first-order valence-electron chi connectivity index (χ1n) is 4.78. The van der Waals surface area contributed by atoms with Gasteiger partial charge in [0.25, 0.3) is 11.8 Å². The Labute approximate surface area is 101 Å². The number of amides is 2. The monoisotopic (exact) mass is 251 g/mol. The van der Waals surface area contributed by atoms with Crippen LogP contribution < -0.4 is 4.90 Å². The van der Waals surface area contributed by atoms with Gasteiger partial charge in [0.2, 0.25) is 0 Å². The first kappa shape index (κ1) is 11.5. The van der Waals surface area contributed by atoms with Crippen molar-refractivity contribution in [2.75, 3.05) is 12.0 Å². The van der Waals surface area contributed by atoms with Crippen molar-refractivity contribution in [1.29, 1.82) is 0 Å². The van der Waals surface area contributed by atoms with E-state index in [4.69, 9.17) is 0 Å². The van der Waals surface area contributed by atoms with Crippen LogP contribution in [-0.2, 0) is 14.3 Å². The average molecular weight is 251 g/mol. The van der Waals surface area contributed by atoms with Crippen LogP contribution in [0.3, 0.4) is 0 Å². The van der Waals surface area contributed by atoms with Gasteiger partial charge in [-0.15, -0.1) is 11.3 Å². The summed E-state index contributed by atoms with van der Waals surface area (Å²) in [6.45, 7) is 1.56. The molecule has 0 spiro atoms. The number of anilines is 1. The number of hydrogen-bond donors (Lipinski definition) is 0. The molecule has 0 saturated heterocycles. The third kappa shape index (κ3) is 1.76. The topological polar surface area (TPSA) is 63.7 Å². The van der Waals surface area contributed by atoms with Gasteiger partial charge in [-0.3, -0.25) is 9.59 Å². The van der Waals surface area contributed by atoms with Crippen molar-refractivity contribution in [2.45, 2.75) is 6.92 Å². The summed E-state index contributed by atoms with van der Waals surface area (Å²) in [6, 6.07) is 1.53. The van der Waals surface area contributed by atoms with Gasteiger partial charge in [0, 0.05) is 11.6 Å². The third-order valence-electron chi connectivity index (χ3n) is 2.35. The Hall–Kier alpha value is -1.95. The zero-order chi connectivity index (χ0) is 12.6. The van der Waals surface area contributed by atoms with E-state index in [-0.39, 0.29) is 5.56 Å². The van der Waals surface area contributed by atoms with Crippen LogP contribution >= 0.6 is 11.3 Å². The number of nitrogens with zero attached hydrogens (tertiary/aromatic N) is 1. The van der Waals surface area contributed by atoms with Crippen molar-refractivity contribution >= 4 is 34.1 Å². The molecule has 0 bridgehead atoms. The molecule has 0 atom stereocenters. The Morgan fingerprint density at radius 1 is 1.41 bits per heavy atom. The molecular weight excluding hydrogens is 242 g/mol. The number of rotatable bonds is 2. The highest BCUT2D eigenvalue weighted by atomic mass is 32.1. The molecule has 0 saturated carbocycles. The molecule has 17 heavy (non-hydrogen) atoms. The minimum absolute atomic E-state index is 0.224. The molecule has 0 N–H and O–H groups in total. The highest BCUT2D eigenvalue weighted by molar-refractivity contribution is 7.15. The van der Waals surface area contributed by atoms with E-state index in [2.05, 4.69) is 4.74 Å². The Morgan fingerprint density at radius 2 is 2.12 bits per heavy atom. The fraction of sp³-hybridized carbons (Fsp3) is 0.182. The predicted molar refractivity (Wildman–Crippen MR) is 61.9 cm³/mol. The van der Waals surface area contributed by atoms with Gasteiger partial charge in [0.1, 0.15) is 5.00 Å². The second-order valence-corrected chi connectivity index (χ2v) is 4.33. The summed E-state index contributed by atoms with van der Waals surface area (Å²) in [5, 5.41) is 1.94. The van der Waals surface area contributed by atoms with Crippen molar-refractivity contribution in [3.63, 3.8) is 0 Å². The molecule has 2 amide bonds. The molecule has 2 rings (SSSR count). The van der Waals surface area contributed by atoms with Gasteiger partial charge >= 0.3 is 5.97 Å². The lowest BCUT2D eigenvalue weighted by Gasteiger charge is -2.13. The number of imide groups is 1. The lowest BCUT2D eigenvalue weighted by atomic mass is 10.3. The number of carbonyl (C=O) groups is 3. The van der Waals surface area contributed by atoms with E-state index in [1.165, 1.54) is 19.3 Å². The molecule has 6 heteroatoms. The van der Waals surface area contributed by atoms with Crippen LogP contribution in [0.5, 0.6) is 0 Å². The molecule has 0 unspecified atom stereocenters. The first-order chi connectivity index (χ1) is 8.06. The molecule has 88 valence electrons. The molecule has 0 aromatic carbocycles. The first-order valence-corrected chi connectivity index (χ1v) is 5.66. The van der Waals surface area contributed by atoms with Crippen molar-refractivity contribution < 1.29 is 19.1 Å². The zero-order valence-electron chi connectivity index (χ0n) is 9.22. The van der Waals surface area contributed by atoms with Gasteiger partial charge in [-0.1, -0.05) is 0 Å². The molecular formula is C11H9NO4S. The maximum Gasteiger partial charge on any atom is 0.340 e. The second-order valence-electron chi connectivity index (χ2n) is 3.44. The Morgan fingerprint density at radius 3 is 2.65 bits per heavy atom. The summed E-state index contributed by atoms with van der Waals surface area (Å²) >= 11 is 1.15. The standard InChI is InChI=1S/C11H9NO4S/c1-6-5-8(13)12(9(6)14)10-7(3-4-17-10)11(15)16-2/h3-5H,1-2H3. The van der Waals surface area contributed by atoms with Crippen LogP contribution in [-0.4, -0.2) is 24.9 Å². The van der Waals surface area contributed by atoms with Gasteiger partial charge in [0.05, 0.1) is 12.7 Å². The van der Waals surface area contributed by atoms with Crippen LogP contribution in [0.4, 0.5) is 5.00 Å². The van der Waals surface area contributed by atoms with Gasteiger partial charge < -0.3 is 4.74 Å². The fourth-order valence-corrected chi connectivity index (χ4v) is 2.41. The summed E-state index contributed by atoms with van der Waals surface area (Å²) in [6.07, 6.45) is 1.25. The van der Waals surface area contributed by atoms with Gasteiger partial charge in [0.15, 0.2) is 0 Å². The van der Waals surface area contributed by atoms with Crippen molar-refractivity contribution in [3.05, 3.63) is 28.7 Å². The number of esters is 1. The van der Waals surface area contributed by atoms with Gasteiger partial charge in [-0.25, -0.2) is 9.69 Å². The van der Waals surface area contributed by atoms with Crippen LogP contribution in [0, 0.1) is 0 Å². The highest BCUT2D eigenvalue weighted by Crippen LogP contribution is 2.31. The Bertz CT molecular complexity index is 543. The summed E-state index contributed by atoms with van der Waals surface area (Å²) in [4.78, 5) is 35.9. The van der Waals surface area contributed by atoms with E-state index >= 15 is 0 Å². The molecule has 2 heterocycles. The quantitative estimate of drug-likeness (QED) is 0.588. The fourth-order valence-electron chi connectivity index (χ4n) is 1.52. The SMILES string of the molecule is COC(=O)c1ccsc1N1C(=O)C=C(C)C1=O. The minimum atomic E-state index is -0.564. The number of carbonyl (C=O) groups excluding carboxylic acids is 3. The van der Waals surface area contributed by atoms with Crippen molar-refractivity contribution in [2.24, 2.45) is 0 Å². The van der Waals surface area contributed by atoms with Crippen LogP contribution in [0.1, 0.15) is 17.3 Å². The summed E-state index contributed by atoms with van der Waals surface area (Å²) in [5.74, 6) is -1.39.